The van der Waals surface area contributed by atoms with Gasteiger partial charge in [-0.1, -0.05) is 35.5 Å². The summed E-state index contributed by atoms with van der Waals surface area (Å²) in [4.78, 5) is 26.0. The van der Waals surface area contributed by atoms with Crippen LogP contribution >= 0.6 is 0 Å². The van der Waals surface area contributed by atoms with Gasteiger partial charge in [0.2, 0.25) is 5.91 Å². The highest BCUT2D eigenvalue weighted by molar-refractivity contribution is 5.90. The van der Waals surface area contributed by atoms with E-state index in [9.17, 15) is 14.7 Å². The lowest BCUT2D eigenvalue weighted by molar-refractivity contribution is -0.147. The lowest BCUT2D eigenvalue weighted by Gasteiger charge is -2.21. The van der Waals surface area contributed by atoms with Gasteiger partial charge in [-0.3, -0.25) is 9.59 Å². The van der Waals surface area contributed by atoms with Gasteiger partial charge < -0.3 is 14.7 Å². The predicted molar refractivity (Wildman–Crippen MR) is 90.4 cm³/mol. The molecule has 3 heterocycles. The first-order chi connectivity index (χ1) is 11.3. The van der Waals surface area contributed by atoms with Crippen LogP contribution in [-0.2, 0) is 14.3 Å². The van der Waals surface area contributed by atoms with Gasteiger partial charge in [0.25, 0.3) is 0 Å². The van der Waals surface area contributed by atoms with Gasteiger partial charge in [0.05, 0.1) is 18.6 Å². The van der Waals surface area contributed by atoms with Gasteiger partial charge >= 0.3 is 5.97 Å². The van der Waals surface area contributed by atoms with E-state index in [0.717, 1.165) is 12.8 Å². The number of nitrogens with zero attached hydrogens (tertiary/aromatic N) is 1. The number of allylic oxidation sites excluding steroid dienone is 3. The van der Waals surface area contributed by atoms with E-state index in [1.807, 2.05) is 6.08 Å². The molecule has 24 heavy (non-hydrogen) atoms. The van der Waals surface area contributed by atoms with Crippen LogP contribution in [0.25, 0.3) is 0 Å². The normalized spacial score (nSPS) is 34.0. The number of fused-ring (bicyclic) bond motifs is 1. The molecule has 0 radical (unpaired) electrons. The van der Waals surface area contributed by atoms with Gasteiger partial charge in [0.15, 0.2) is 0 Å². The quantitative estimate of drug-likeness (QED) is 0.760. The maximum absolute atomic E-state index is 12.7. The summed E-state index contributed by atoms with van der Waals surface area (Å²) < 4.78 is 5.87. The zero-order chi connectivity index (χ0) is 17.5. The van der Waals surface area contributed by atoms with Crippen LogP contribution in [0, 0.1) is 11.8 Å². The number of hydrogen-bond donors (Lipinski definition) is 1. The van der Waals surface area contributed by atoms with E-state index in [-0.39, 0.29) is 5.91 Å². The lowest BCUT2D eigenvalue weighted by Crippen LogP contribution is -2.39. The third-order valence-corrected chi connectivity index (χ3v) is 5.22. The number of likely N-dealkylation sites (tertiary alicyclic amines) is 1. The van der Waals surface area contributed by atoms with Crippen molar-refractivity contribution in [2.45, 2.75) is 45.3 Å². The Balaban J connectivity index is 1.66. The van der Waals surface area contributed by atoms with E-state index in [1.165, 1.54) is 11.1 Å². The molecule has 0 saturated carbocycles. The summed E-state index contributed by atoms with van der Waals surface area (Å²) in [7, 11) is 0. The van der Waals surface area contributed by atoms with E-state index < -0.39 is 29.5 Å². The van der Waals surface area contributed by atoms with Crippen LogP contribution in [0.3, 0.4) is 0 Å². The number of aliphatic carboxylic acids is 1. The van der Waals surface area contributed by atoms with Gasteiger partial charge in [-0.05, 0) is 33.6 Å². The summed E-state index contributed by atoms with van der Waals surface area (Å²) in [6.07, 6.45) is 9.48. The Bertz CT molecular complexity index is 644. The third kappa shape index (κ3) is 2.81. The summed E-state index contributed by atoms with van der Waals surface area (Å²) in [6, 6.07) is 0. The molecule has 1 N–H and O–H groups in total. The molecular formula is C19H25NO4. The molecule has 5 nitrogen and oxygen atoms in total. The zero-order valence-electron chi connectivity index (χ0n) is 14.5. The van der Waals surface area contributed by atoms with Crippen molar-refractivity contribution in [1.29, 1.82) is 0 Å². The Kier molecular flexibility index (Phi) is 4.38. The van der Waals surface area contributed by atoms with Crippen molar-refractivity contribution in [3.63, 3.8) is 0 Å². The largest absolute Gasteiger partial charge is 0.481 e. The highest BCUT2D eigenvalue weighted by Gasteiger charge is 2.66. The number of rotatable bonds is 6. The molecular weight excluding hydrogens is 306 g/mol. The highest BCUT2D eigenvalue weighted by atomic mass is 16.5. The topological polar surface area (TPSA) is 66.8 Å². The average Bonchev–Trinajstić information content (AvgIpc) is 3.13. The van der Waals surface area contributed by atoms with Crippen LogP contribution in [0.5, 0.6) is 0 Å². The lowest BCUT2D eigenvalue weighted by atomic mass is 9.77. The van der Waals surface area contributed by atoms with E-state index in [4.69, 9.17) is 4.74 Å². The van der Waals surface area contributed by atoms with Gasteiger partial charge in [0, 0.05) is 6.54 Å². The molecule has 130 valence electrons. The molecule has 3 aliphatic rings. The zero-order valence-corrected chi connectivity index (χ0v) is 14.5. The molecule has 2 bridgehead atoms. The minimum absolute atomic E-state index is 0.0948. The third-order valence-electron chi connectivity index (χ3n) is 5.22. The Morgan fingerprint density at radius 2 is 2.17 bits per heavy atom. The summed E-state index contributed by atoms with van der Waals surface area (Å²) in [5.74, 6) is -2.37. The summed E-state index contributed by atoms with van der Waals surface area (Å²) in [6.45, 7) is 7.21. The molecule has 3 aliphatic heterocycles. The van der Waals surface area contributed by atoms with Gasteiger partial charge in [-0.2, -0.15) is 0 Å². The van der Waals surface area contributed by atoms with Crippen molar-refractivity contribution in [2.24, 2.45) is 11.8 Å². The maximum atomic E-state index is 12.7. The van der Waals surface area contributed by atoms with Crippen LogP contribution in [0.1, 0.15) is 33.6 Å². The number of carbonyl (C=O) groups is 2. The number of carboxylic acids is 1. The molecule has 0 aromatic carbocycles. The molecule has 4 unspecified atom stereocenters. The Morgan fingerprint density at radius 3 is 2.83 bits per heavy atom. The molecule has 1 spiro atoms. The number of amides is 1. The van der Waals surface area contributed by atoms with Crippen molar-refractivity contribution in [3.8, 4) is 0 Å². The first-order valence-corrected chi connectivity index (χ1v) is 8.52. The van der Waals surface area contributed by atoms with Crippen molar-refractivity contribution < 1.29 is 19.4 Å². The van der Waals surface area contributed by atoms with Crippen molar-refractivity contribution in [1.82, 2.24) is 4.90 Å². The van der Waals surface area contributed by atoms with Crippen LogP contribution in [0.2, 0.25) is 0 Å². The average molecular weight is 331 g/mol. The fourth-order valence-electron chi connectivity index (χ4n) is 3.97. The maximum Gasteiger partial charge on any atom is 0.310 e. The molecule has 2 saturated heterocycles. The molecule has 0 aliphatic carbocycles. The minimum Gasteiger partial charge on any atom is -0.481 e. The highest BCUT2D eigenvalue weighted by Crippen LogP contribution is 2.51. The van der Waals surface area contributed by atoms with Crippen LogP contribution in [0.4, 0.5) is 0 Å². The molecule has 0 aromatic heterocycles. The fraction of sp³-hybridized carbons (Fsp3) is 0.579. The minimum atomic E-state index is -0.945. The second-order valence-electron chi connectivity index (χ2n) is 7.33. The predicted octanol–water partition coefficient (Wildman–Crippen LogP) is 2.55. The smallest absolute Gasteiger partial charge is 0.310 e. The Labute approximate surface area is 142 Å². The Hall–Kier alpha value is -1.88. The molecule has 3 rings (SSSR count). The van der Waals surface area contributed by atoms with Crippen LogP contribution in [0.15, 0.2) is 35.5 Å². The standard InChI is InChI=1S/C19H25NO4/c1-12(2)5-4-6-13(3)8-10-20-11-19-9-7-14(24-19)15(18(22)23)16(19)17(20)21/h5,7-9,14-16H,4,6,10-11H2,1-3H3,(H,22,23). The molecule has 2 fully saturated rings. The SMILES string of the molecule is CC(C)=CCCC(C)=CCN1CC23C=CC(O2)C(C(=O)O)C3C1=O. The van der Waals surface area contributed by atoms with Crippen molar-refractivity contribution >= 4 is 11.9 Å². The van der Waals surface area contributed by atoms with Gasteiger partial charge in [-0.15, -0.1) is 0 Å². The van der Waals surface area contributed by atoms with E-state index in [2.05, 4.69) is 32.9 Å². The Morgan fingerprint density at radius 1 is 1.42 bits per heavy atom. The second kappa shape index (κ2) is 6.20. The number of carboxylic acid groups (broad SMARTS) is 1. The first-order valence-electron chi connectivity index (χ1n) is 8.52. The van der Waals surface area contributed by atoms with E-state index in [1.54, 1.807) is 11.0 Å². The van der Waals surface area contributed by atoms with Crippen molar-refractivity contribution in [2.75, 3.05) is 13.1 Å². The van der Waals surface area contributed by atoms with Crippen LogP contribution in [-0.4, -0.2) is 46.7 Å². The number of hydrogen-bond acceptors (Lipinski definition) is 3. The van der Waals surface area contributed by atoms with Gasteiger partial charge in [-0.25, -0.2) is 0 Å². The summed E-state index contributed by atoms with van der Waals surface area (Å²) in [5.41, 5.74) is 1.82. The van der Waals surface area contributed by atoms with E-state index >= 15 is 0 Å². The summed E-state index contributed by atoms with van der Waals surface area (Å²) in [5, 5.41) is 9.44. The van der Waals surface area contributed by atoms with Crippen molar-refractivity contribution in [3.05, 3.63) is 35.5 Å². The molecule has 1 amide bonds. The van der Waals surface area contributed by atoms with E-state index in [0.29, 0.717) is 13.1 Å². The second-order valence-corrected chi connectivity index (χ2v) is 7.33. The number of carbonyl (C=O) groups excluding carboxylic acids is 1. The van der Waals surface area contributed by atoms with Gasteiger partial charge in [0.1, 0.15) is 11.5 Å². The van der Waals surface area contributed by atoms with Crippen LogP contribution < -0.4 is 0 Å². The molecule has 0 aromatic rings. The molecule has 4 atom stereocenters. The first kappa shape index (κ1) is 17.0. The number of ether oxygens (including phenoxy) is 1. The fourth-order valence-corrected chi connectivity index (χ4v) is 3.97. The monoisotopic (exact) mass is 331 g/mol. The summed E-state index contributed by atoms with van der Waals surface area (Å²) >= 11 is 0. The molecule has 5 heteroatoms.